The lowest BCUT2D eigenvalue weighted by Crippen LogP contribution is -2.17. The molecule has 36 heavy (non-hydrogen) atoms. The van der Waals surface area contributed by atoms with E-state index in [2.05, 4.69) is 14.8 Å². The monoisotopic (exact) mass is 538 g/mol. The Bertz CT molecular complexity index is 1480. The number of amides is 1. The van der Waals surface area contributed by atoms with Gasteiger partial charge in [0, 0.05) is 31.0 Å². The summed E-state index contributed by atoms with van der Waals surface area (Å²) in [6.07, 6.45) is -2.88. The number of anilines is 1. The molecule has 0 saturated carbocycles. The highest BCUT2D eigenvalue weighted by Gasteiger charge is 2.33. The van der Waals surface area contributed by atoms with Crippen LogP contribution in [-0.4, -0.2) is 49.4 Å². The van der Waals surface area contributed by atoms with Crippen LogP contribution in [0.3, 0.4) is 0 Å². The van der Waals surface area contributed by atoms with Crippen molar-refractivity contribution in [2.45, 2.75) is 17.5 Å². The molecule has 0 bridgehead atoms. The molecule has 0 aliphatic carbocycles. The molecular formula is C22H18ClF3N6O3S. The molecule has 1 N–H and O–H groups in total. The third kappa shape index (κ3) is 6.21. The summed E-state index contributed by atoms with van der Waals surface area (Å²) >= 11 is 6.07. The van der Waals surface area contributed by atoms with E-state index in [0.29, 0.717) is 27.7 Å². The van der Waals surface area contributed by atoms with Gasteiger partial charge in [0.05, 0.1) is 23.7 Å². The van der Waals surface area contributed by atoms with Crippen LogP contribution < -0.4 is 5.32 Å². The van der Waals surface area contributed by atoms with E-state index in [9.17, 15) is 31.6 Å². The first-order valence-electron chi connectivity index (χ1n) is 10.0. The number of hydrogen-bond donors (Lipinski definition) is 1. The minimum Gasteiger partial charge on any atom is -0.368 e. The number of nitrogens with zero attached hydrogens (tertiary/aromatic N) is 5. The summed E-state index contributed by atoms with van der Waals surface area (Å²) in [5, 5.41) is 16.1. The second-order valence-electron chi connectivity index (χ2n) is 7.63. The summed E-state index contributed by atoms with van der Waals surface area (Å²) in [4.78, 5) is 13.3. The zero-order valence-electron chi connectivity index (χ0n) is 18.8. The van der Waals surface area contributed by atoms with Crippen LogP contribution in [0.5, 0.6) is 0 Å². The molecule has 0 saturated heterocycles. The molecule has 0 aliphatic rings. The van der Waals surface area contributed by atoms with Crippen LogP contribution in [0.2, 0.25) is 5.02 Å². The molecule has 14 heteroatoms. The smallest absolute Gasteiger partial charge is 0.368 e. The lowest BCUT2D eigenvalue weighted by atomic mass is 10.1. The number of nitriles is 1. The van der Waals surface area contributed by atoms with Crippen molar-refractivity contribution in [2.75, 3.05) is 19.4 Å². The van der Waals surface area contributed by atoms with Crippen LogP contribution in [0, 0.1) is 11.3 Å². The number of hydrogen-bond acceptors (Lipinski definition) is 5. The standard InChI is InChI=1S/C22H18ClF3N6O3S/c1-31(2)13-29-36(34,35)19-9-17(30-20(33)8-14-5-3-4-6-18(14)23)7-15(10-27)21(19)32-12-16(11-28-32)22(24,25)26/h3-7,9,11-13H,8H2,1-2H3,(H,30,33)/b29-13+. The van der Waals surface area contributed by atoms with E-state index in [1.165, 1.54) is 19.0 Å². The quantitative estimate of drug-likeness (QED) is 0.360. The molecule has 3 rings (SSSR count). The zero-order valence-corrected chi connectivity index (χ0v) is 20.4. The Morgan fingerprint density at radius 1 is 1.31 bits per heavy atom. The third-order valence-corrected chi connectivity index (χ3v) is 6.23. The van der Waals surface area contributed by atoms with E-state index in [1.54, 1.807) is 30.3 Å². The maximum Gasteiger partial charge on any atom is 0.419 e. The maximum absolute atomic E-state index is 13.1. The summed E-state index contributed by atoms with van der Waals surface area (Å²) in [5.41, 5.74) is -1.54. The molecule has 1 amide bonds. The number of sulfonamides is 1. The van der Waals surface area contributed by atoms with E-state index in [4.69, 9.17) is 11.6 Å². The molecule has 0 aliphatic heterocycles. The summed E-state index contributed by atoms with van der Waals surface area (Å²) in [6.45, 7) is 0. The second-order valence-corrected chi connectivity index (χ2v) is 9.64. The normalized spacial score (nSPS) is 11.9. The molecular weight excluding hydrogens is 521 g/mol. The average molecular weight is 539 g/mol. The van der Waals surface area contributed by atoms with Gasteiger partial charge >= 0.3 is 6.18 Å². The Labute approximate surface area is 209 Å². The van der Waals surface area contributed by atoms with Crippen molar-refractivity contribution in [3.05, 3.63) is 70.5 Å². The number of rotatable bonds is 7. The van der Waals surface area contributed by atoms with E-state index in [1.807, 2.05) is 0 Å². The zero-order chi connectivity index (χ0) is 26.7. The fourth-order valence-corrected chi connectivity index (χ4v) is 4.38. The molecule has 1 aromatic heterocycles. The second kappa shape index (κ2) is 10.4. The van der Waals surface area contributed by atoms with Crippen molar-refractivity contribution < 1.29 is 26.4 Å². The largest absolute Gasteiger partial charge is 0.419 e. The van der Waals surface area contributed by atoms with E-state index >= 15 is 0 Å². The van der Waals surface area contributed by atoms with Crippen LogP contribution in [0.1, 0.15) is 16.7 Å². The molecule has 3 aromatic rings. The minimum absolute atomic E-state index is 0.0887. The predicted octanol–water partition coefficient (Wildman–Crippen LogP) is 3.88. The van der Waals surface area contributed by atoms with Gasteiger partial charge in [0.2, 0.25) is 5.91 Å². The van der Waals surface area contributed by atoms with E-state index in [-0.39, 0.29) is 17.7 Å². The van der Waals surface area contributed by atoms with Gasteiger partial charge < -0.3 is 10.2 Å². The van der Waals surface area contributed by atoms with Gasteiger partial charge in [-0.15, -0.1) is 4.40 Å². The Morgan fingerprint density at radius 3 is 2.58 bits per heavy atom. The highest BCUT2D eigenvalue weighted by molar-refractivity contribution is 7.90. The third-order valence-electron chi connectivity index (χ3n) is 4.62. The van der Waals surface area contributed by atoms with Crippen LogP contribution in [-0.2, 0) is 27.4 Å². The first kappa shape index (κ1) is 26.7. The minimum atomic E-state index is -4.75. The van der Waals surface area contributed by atoms with E-state index in [0.717, 1.165) is 18.5 Å². The van der Waals surface area contributed by atoms with Gasteiger partial charge in [0.1, 0.15) is 23.0 Å². The Morgan fingerprint density at radius 2 is 2.00 bits per heavy atom. The topological polar surface area (TPSA) is 120 Å². The number of alkyl halides is 3. The summed E-state index contributed by atoms with van der Waals surface area (Å²) in [6, 6.07) is 10.5. The molecule has 9 nitrogen and oxygen atoms in total. The highest BCUT2D eigenvalue weighted by atomic mass is 35.5. The lowest BCUT2D eigenvalue weighted by molar-refractivity contribution is -0.137. The van der Waals surface area contributed by atoms with Gasteiger partial charge in [-0.3, -0.25) is 4.79 Å². The Balaban J connectivity index is 2.13. The fourth-order valence-electron chi connectivity index (χ4n) is 3.02. The van der Waals surface area contributed by atoms with Crippen molar-refractivity contribution in [3.63, 3.8) is 0 Å². The molecule has 1 heterocycles. The lowest BCUT2D eigenvalue weighted by Gasteiger charge is -2.14. The van der Waals surface area contributed by atoms with Gasteiger partial charge in [-0.05, 0) is 23.8 Å². The summed E-state index contributed by atoms with van der Waals surface area (Å²) in [7, 11) is -1.54. The highest BCUT2D eigenvalue weighted by Crippen LogP contribution is 2.33. The molecule has 0 radical (unpaired) electrons. The average Bonchev–Trinajstić information content (AvgIpc) is 3.29. The summed E-state index contributed by atoms with van der Waals surface area (Å²) in [5.74, 6) is -0.571. The predicted molar refractivity (Wildman–Crippen MR) is 126 cm³/mol. The molecule has 0 spiro atoms. The van der Waals surface area contributed by atoms with Crippen molar-refractivity contribution in [2.24, 2.45) is 4.40 Å². The first-order chi connectivity index (χ1) is 16.8. The Kier molecular flexibility index (Phi) is 7.71. The van der Waals surface area contributed by atoms with Gasteiger partial charge in [0.25, 0.3) is 10.0 Å². The number of carbonyl (C=O) groups excluding carboxylic acids is 1. The number of benzene rings is 2. The molecule has 0 atom stereocenters. The van der Waals surface area contributed by atoms with Crippen molar-refractivity contribution in [3.8, 4) is 11.8 Å². The Hall–Kier alpha value is -3.89. The van der Waals surface area contributed by atoms with Gasteiger partial charge in [0.15, 0.2) is 0 Å². The van der Waals surface area contributed by atoms with Crippen molar-refractivity contribution in [1.29, 1.82) is 5.26 Å². The molecule has 2 aromatic carbocycles. The fraction of sp³-hybridized carbons (Fsp3) is 0.182. The van der Waals surface area contributed by atoms with Crippen LogP contribution in [0.25, 0.3) is 5.69 Å². The number of aromatic nitrogens is 2. The molecule has 188 valence electrons. The number of nitrogens with one attached hydrogen (secondary N) is 1. The van der Waals surface area contributed by atoms with Crippen LogP contribution >= 0.6 is 11.6 Å². The molecule has 0 fully saturated rings. The van der Waals surface area contributed by atoms with Gasteiger partial charge in [-0.2, -0.15) is 31.9 Å². The summed E-state index contributed by atoms with van der Waals surface area (Å²) < 4.78 is 69.7. The van der Waals surface area contributed by atoms with Crippen LogP contribution in [0.4, 0.5) is 18.9 Å². The maximum atomic E-state index is 13.1. The van der Waals surface area contributed by atoms with E-state index < -0.39 is 38.3 Å². The number of halogens is 4. The van der Waals surface area contributed by atoms with Crippen molar-refractivity contribution >= 4 is 39.6 Å². The SMILES string of the molecule is CN(C)/C=N/S(=O)(=O)c1cc(NC(=O)Cc2ccccc2Cl)cc(C#N)c1-n1cc(C(F)(F)F)cn1. The van der Waals surface area contributed by atoms with Gasteiger partial charge in [-0.1, -0.05) is 29.8 Å². The van der Waals surface area contributed by atoms with Crippen LogP contribution in [0.15, 0.2) is 58.1 Å². The molecule has 0 unspecified atom stereocenters. The number of carbonyl (C=O) groups is 1. The first-order valence-corrected chi connectivity index (χ1v) is 11.8. The van der Waals surface area contributed by atoms with Gasteiger partial charge in [-0.25, -0.2) is 4.68 Å². The van der Waals surface area contributed by atoms with Crippen molar-refractivity contribution in [1.82, 2.24) is 14.7 Å².